The van der Waals surface area contributed by atoms with Gasteiger partial charge in [-0.25, -0.2) is 10.2 Å². The van der Waals surface area contributed by atoms with Gasteiger partial charge in [0, 0.05) is 13.2 Å². The van der Waals surface area contributed by atoms with E-state index in [0.29, 0.717) is 0 Å². The van der Waals surface area contributed by atoms with Crippen LogP contribution < -0.4 is 5.43 Å². The highest BCUT2D eigenvalue weighted by molar-refractivity contribution is 5.79. The Bertz CT molecular complexity index is 561. The number of amides is 1. The Morgan fingerprint density at radius 3 is 2.79 bits per heavy atom. The number of carbonyl (C=O) groups excluding carboxylic acids is 1. The third-order valence-corrected chi connectivity index (χ3v) is 2.55. The normalized spacial score (nSPS) is 10.6. The lowest BCUT2D eigenvalue weighted by Gasteiger charge is -2.03. The van der Waals surface area contributed by atoms with Gasteiger partial charge in [0.1, 0.15) is 6.61 Å². The molecule has 0 aliphatic rings. The van der Waals surface area contributed by atoms with E-state index in [1.807, 2.05) is 60.3 Å². The van der Waals surface area contributed by atoms with Crippen molar-refractivity contribution in [3.8, 4) is 0 Å². The van der Waals surface area contributed by atoms with Crippen molar-refractivity contribution in [3.05, 3.63) is 59.9 Å². The van der Waals surface area contributed by atoms with Crippen LogP contribution in [0.5, 0.6) is 0 Å². The Labute approximate surface area is 111 Å². The van der Waals surface area contributed by atoms with E-state index in [4.69, 9.17) is 4.74 Å². The molecule has 0 atom stereocenters. The van der Waals surface area contributed by atoms with Crippen LogP contribution in [-0.4, -0.2) is 16.9 Å². The van der Waals surface area contributed by atoms with Crippen LogP contribution in [0.25, 0.3) is 0 Å². The molecule has 98 valence electrons. The van der Waals surface area contributed by atoms with Crippen LogP contribution in [0.1, 0.15) is 11.3 Å². The molecule has 0 aliphatic carbocycles. The molecule has 2 aromatic rings. The lowest BCUT2D eigenvalue weighted by atomic mass is 10.2. The predicted molar refractivity (Wildman–Crippen MR) is 72.8 cm³/mol. The largest absolute Gasteiger partial charge is 0.443 e. The van der Waals surface area contributed by atoms with E-state index in [2.05, 4.69) is 10.5 Å². The number of aryl methyl sites for hydroxylation is 1. The van der Waals surface area contributed by atoms with Crippen LogP contribution in [-0.2, 0) is 18.4 Å². The lowest BCUT2D eigenvalue weighted by molar-refractivity contribution is 0.140. The summed E-state index contributed by atoms with van der Waals surface area (Å²) in [6.07, 6.45) is 2.88. The van der Waals surface area contributed by atoms with Gasteiger partial charge in [-0.05, 0) is 17.7 Å². The molecule has 5 nitrogen and oxygen atoms in total. The smallest absolute Gasteiger partial charge is 0.428 e. The number of hydrogen-bond donors (Lipinski definition) is 1. The molecule has 0 fully saturated rings. The summed E-state index contributed by atoms with van der Waals surface area (Å²) in [5, 5.41) is 3.82. The number of nitrogens with one attached hydrogen (secondary N) is 1. The second-order valence-corrected chi connectivity index (χ2v) is 3.98. The Hall–Kier alpha value is -2.56. The summed E-state index contributed by atoms with van der Waals surface area (Å²) < 4.78 is 6.90. The lowest BCUT2D eigenvalue weighted by Crippen LogP contribution is -2.18. The Balaban J connectivity index is 1.76. The van der Waals surface area contributed by atoms with Crippen LogP contribution in [0.4, 0.5) is 4.79 Å². The molecule has 0 aliphatic heterocycles. The third kappa shape index (κ3) is 3.99. The standard InChI is InChI=1S/C14H15N3O2/c1-17-9-5-8-13(17)10-15-16-14(18)19-11-12-6-3-2-4-7-12/h2-10H,11H2,1H3,(H,16,18). The number of ether oxygens (including phenoxy) is 1. The van der Waals surface area contributed by atoms with Crippen molar-refractivity contribution in [2.24, 2.45) is 12.1 Å². The minimum Gasteiger partial charge on any atom is -0.443 e. The second-order valence-electron chi connectivity index (χ2n) is 3.98. The van der Waals surface area contributed by atoms with Gasteiger partial charge in [0.25, 0.3) is 0 Å². The maximum atomic E-state index is 11.4. The van der Waals surface area contributed by atoms with Gasteiger partial charge in [0.05, 0.1) is 11.9 Å². The zero-order valence-electron chi connectivity index (χ0n) is 10.6. The van der Waals surface area contributed by atoms with Gasteiger partial charge in [0.15, 0.2) is 0 Å². The van der Waals surface area contributed by atoms with Crippen LogP contribution in [0, 0.1) is 0 Å². The summed E-state index contributed by atoms with van der Waals surface area (Å²) in [7, 11) is 1.90. The molecule has 0 saturated heterocycles. The number of hydrogen-bond acceptors (Lipinski definition) is 3. The molecular formula is C14H15N3O2. The van der Waals surface area contributed by atoms with Crippen molar-refractivity contribution in [2.75, 3.05) is 0 Å². The fourth-order valence-electron chi connectivity index (χ4n) is 1.51. The predicted octanol–water partition coefficient (Wildman–Crippen LogP) is 2.29. The topological polar surface area (TPSA) is 55.6 Å². The number of aromatic nitrogens is 1. The van der Waals surface area contributed by atoms with E-state index in [-0.39, 0.29) is 6.61 Å². The number of hydrazone groups is 1. The van der Waals surface area contributed by atoms with E-state index >= 15 is 0 Å². The number of rotatable bonds is 4. The molecule has 1 aromatic carbocycles. The first-order valence-electron chi connectivity index (χ1n) is 5.87. The number of carbonyl (C=O) groups is 1. The van der Waals surface area contributed by atoms with E-state index in [9.17, 15) is 4.79 Å². The highest BCUT2D eigenvalue weighted by Gasteiger charge is 2.00. The van der Waals surface area contributed by atoms with Crippen molar-refractivity contribution in [1.29, 1.82) is 0 Å². The number of benzene rings is 1. The minimum atomic E-state index is -0.575. The van der Waals surface area contributed by atoms with Gasteiger partial charge >= 0.3 is 6.09 Å². The molecule has 2 rings (SSSR count). The molecule has 19 heavy (non-hydrogen) atoms. The van der Waals surface area contributed by atoms with E-state index < -0.39 is 6.09 Å². The SMILES string of the molecule is Cn1cccc1C=NNC(=O)OCc1ccccc1. The monoisotopic (exact) mass is 257 g/mol. The van der Waals surface area contributed by atoms with Crippen molar-refractivity contribution in [2.45, 2.75) is 6.61 Å². The first kappa shape index (κ1) is 12.9. The molecule has 1 amide bonds. The van der Waals surface area contributed by atoms with Gasteiger partial charge in [-0.3, -0.25) is 0 Å². The average molecular weight is 257 g/mol. The highest BCUT2D eigenvalue weighted by Crippen LogP contribution is 2.00. The fraction of sp³-hybridized carbons (Fsp3) is 0.143. The molecule has 1 aromatic heterocycles. The molecule has 5 heteroatoms. The Kier molecular flexibility index (Phi) is 4.34. The van der Waals surface area contributed by atoms with Crippen molar-refractivity contribution < 1.29 is 9.53 Å². The van der Waals surface area contributed by atoms with E-state index in [1.54, 1.807) is 6.21 Å². The molecular weight excluding hydrogens is 242 g/mol. The Morgan fingerprint density at radius 2 is 2.11 bits per heavy atom. The fourth-order valence-corrected chi connectivity index (χ4v) is 1.51. The quantitative estimate of drug-likeness (QED) is 0.675. The van der Waals surface area contributed by atoms with E-state index in [0.717, 1.165) is 11.3 Å². The Morgan fingerprint density at radius 1 is 1.32 bits per heavy atom. The van der Waals surface area contributed by atoms with Gasteiger partial charge in [0.2, 0.25) is 0 Å². The highest BCUT2D eigenvalue weighted by atomic mass is 16.5. The van der Waals surface area contributed by atoms with Crippen LogP contribution in [0.2, 0.25) is 0 Å². The molecule has 1 heterocycles. The summed E-state index contributed by atoms with van der Waals surface area (Å²) in [4.78, 5) is 11.4. The molecule has 1 N–H and O–H groups in total. The number of nitrogens with zero attached hydrogens (tertiary/aromatic N) is 2. The summed E-state index contributed by atoms with van der Waals surface area (Å²) in [5.74, 6) is 0. The van der Waals surface area contributed by atoms with Gasteiger partial charge in [-0.2, -0.15) is 5.10 Å². The van der Waals surface area contributed by atoms with Crippen molar-refractivity contribution in [3.63, 3.8) is 0 Å². The van der Waals surface area contributed by atoms with Crippen LogP contribution in [0.15, 0.2) is 53.8 Å². The summed E-state index contributed by atoms with van der Waals surface area (Å²) in [6.45, 7) is 0.229. The maximum absolute atomic E-state index is 11.4. The second kappa shape index (κ2) is 6.39. The summed E-state index contributed by atoms with van der Waals surface area (Å²) >= 11 is 0. The van der Waals surface area contributed by atoms with Crippen LogP contribution >= 0.6 is 0 Å². The average Bonchev–Trinajstić information content (AvgIpc) is 2.83. The van der Waals surface area contributed by atoms with Crippen molar-refractivity contribution in [1.82, 2.24) is 9.99 Å². The molecule has 0 bridgehead atoms. The zero-order chi connectivity index (χ0) is 13.5. The zero-order valence-corrected chi connectivity index (χ0v) is 10.6. The first-order valence-corrected chi connectivity index (χ1v) is 5.87. The van der Waals surface area contributed by atoms with E-state index in [1.165, 1.54) is 0 Å². The summed E-state index contributed by atoms with van der Waals surface area (Å²) in [6, 6.07) is 13.3. The molecule has 0 radical (unpaired) electrons. The maximum Gasteiger partial charge on any atom is 0.428 e. The van der Waals surface area contributed by atoms with Gasteiger partial charge in [-0.15, -0.1) is 0 Å². The summed E-state index contributed by atoms with van der Waals surface area (Å²) in [5.41, 5.74) is 4.14. The van der Waals surface area contributed by atoms with Gasteiger partial charge in [-0.1, -0.05) is 30.3 Å². The molecule has 0 saturated carbocycles. The van der Waals surface area contributed by atoms with Gasteiger partial charge < -0.3 is 9.30 Å². The minimum absolute atomic E-state index is 0.229. The molecule has 0 unspecified atom stereocenters. The third-order valence-electron chi connectivity index (χ3n) is 2.55. The first-order chi connectivity index (χ1) is 9.25. The van der Waals surface area contributed by atoms with Crippen LogP contribution in [0.3, 0.4) is 0 Å². The van der Waals surface area contributed by atoms with Crippen molar-refractivity contribution >= 4 is 12.3 Å². The molecule has 0 spiro atoms.